The maximum Gasteiger partial charge on any atom is 0.310 e. The average Bonchev–Trinajstić information content (AvgIpc) is 2.28. The van der Waals surface area contributed by atoms with Gasteiger partial charge >= 0.3 is 11.9 Å². The molecule has 1 N–H and O–H groups in total. The molecule has 1 aliphatic rings. The van der Waals surface area contributed by atoms with Crippen LogP contribution in [0.5, 0.6) is 0 Å². The van der Waals surface area contributed by atoms with Crippen LogP contribution in [0.15, 0.2) is 0 Å². The molecule has 0 bridgehead atoms. The van der Waals surface area contributed by atoms with Crippen LogP contribution < -0.4 is 0 Å². The van der Waals surface area contributed by atoms with Gasteiger partial charge in [0.2, 0.25) is 0 Å². The highest BCUT2D eigenvalue weighted by molar-refractivity contribution is 6.08. The zero-order valence-corrected chi connectivity index (χ0v) is 9.52. The van der Waals surface area contributed by atoms with Crippen LogP contribution in [0.2, 0.25) is 6.32 Å². The van der Waals surface area contributed by atoms with Gasteiger partial charge in [-0.05, 0) is 19.8 Å². The van der Waals surface area contributed by atoms with Gasteiger partial charge in [-0.25, -0.2) is 0 Å². The summed E-state index contributed by atoms with van der Waals surface area (Å²) in [6.07, 6.45) is 2.84. The molecule has 1 rings (SSSR count). The van der Waals surface area contributed by atoms with Crippen molar-refractivity contribution in [2.45, 2.75) is 45.0 Å². The fourth-order valence-electron chi connectivity index (χ4n) is 2.04. The lowest BCUT2D eigenvalue weighted by atomic mass is 9.79. The maximum absolute atomic E-state index is 11.7. The van der Waals surface area contributed by atoms with Gasteiger partial charge in [-0.3, -0.25) is 9.59 Å². The Balaban J connectivity index is 2.60. The van der Waals surface area contributed by atoms with Crippen LogP contribution in [0, 0.1) is 11.8 Å². The Kier molecular flexibility index (Phi) is 4.84. The van der Waals surface area contributed by atoms with Crippen LogP contribution in [-0.4, -0.2) is 31.0 Å². The predicted octanol–water partition coefficient (Wildman–Crippen LogP) is 1.40. The van der Waals surface area contributed by atoms with E-state index >= 15 is 0 Å². The third-order valence-corrected chi connectivity index (χ3v) is 3.04. The Bertz CT molecular complexity index is 267. The quantitative estimate of drug-likeness (QED) is 0.579. The highest BCUT2D eigenvalue weighted by Gasteiger charge is 2.37. The molecule has 0 aliphatic heterocycles. The first-order valence-corrected chi connectivity index (χ1v) is 5.69. The summed E-state index contributed by atoms with van der Waals surface area (Å²) in [5, 5.41) is 9.02. The second-order valence-electron chi connectivity index (χ2n) is 4.32. The molecule has 0 saturated heterocycles. The standard InChI is InChI=1S/C11H17BO4/c1-7(6-12)16-11(15)9-5-3-2-4-8(9)10(13)14/h7-9H,2-6H2,1H3,(H,13,14). The SMILES string of the molecule is [B]CC(C)OC(=O)C1CCCCC1C(=O)O. The average molecular weight is 224 g/mol. The smallest absolute Gasteiger partial charge is 0.310 e. The second kappa shape index (κ2) is 5.92. The van der Waals surface area contributed by atoms with Gasteiger partial charge in [0.1, 0.15) is 0 Å². The lowest BCUT2D eigenvalue weighted by molar-refractivity contribution is -0.162. The Labute approximate surface area is 96.8 Å². The monoisotopic (exact) mass is 224 g/mol. The molecular weight excluding hydrogens is 207 g/mol. The van der Waals surface area contributed by atoms with E-state index in [1.165, 1.54) is 0 Å². The molecule has 0 aromatic rings. The third kappa shape index (κ3) is 3.25. The van der Waals surface area contributed by atoms with Gasteiger partial charge in [0.15, 0.2) is 0 Å². The van der Waals surface area contributed by atoms with Gasteiger partial charge in [0, 0.05) is 0 Å². The van der Waals surface area contributed by atoms with Gasteiger partial charge in [0.25, 0.3) is 0 Å². The molecule has 0 aromatic heterocycles. The first-order valence-electron chi connectivity index (χ1n) is 5.69. The second-order valence-corrected chi connectivity index (χ2v) is 4.32. The van der Waals surface area contributed by atoms with Crippen molar-refractivity contribution in [3.8, 4) is 0 Å². The molecule has 0 heterocycles. The fourth-order valence-corrected chi connectivity index (χ4v) is 2.04. The van der Waals surface area contributed by atoms with E-state index < -0.39 is 23.8 Å². The van der Waals surface area contributed by atoms with E-state index in [1.54, 1.807) is 6.92 Å². The third-order valence-electron chi connectivity index (χ3n) is 3.04. The zero-order chi connectivity index (χ0) is 12.1. The summed E-state index contributed by atoms with van der Waals surface area (Å²) in [5.41, 5.74) is 0. The summed E-state index contributed by atoms with van der Waals surface area (Å²) in [5.74, 6) is -2.40. The minimum absolute atomic E-state index is 0.260. The Morgan fingerprint density at radius 2 is 1.94 bits per heavy atom. The van der Waals surface area contributed by atoms with E-state index in [2.05, 4.69) is 0 Å². The number of hydrogen-bond donors (Lipinski definition) is 1. The van der Waals surface area contributed by atoms with Crippen LogP contribution in [0.25, 0.3) is 0 Å². The van der Waals surface area contributed by atoms with Crippen LogP contribution in [0.1, 0.15) is 32.6 Å². The Hall–Kier alpha value is -0.995. The van der Waals surface area contributed by atoms with Crippen molar-refractivity contribution in [3.05, 3.63) is 0 Å². The van der Waals surface area contributed by atoms with E-state index in [-0.39, 0.29) is 12.4 Å². The molecule has 88 valence electrons. The van der Waals surface area contributed by atoms with Gasteiger partial charge in [0.05, 0.1) is 25.8 Å². The van der Waals surface area contributed by atoms with Crippen molar-refractivity contribution >= 4 is 19.8 Å². The summed E-state index contributed by atoms with van der Waals surface area (Å²) < 4.78 is 5.09. The van der Waals surface area contributed by atoms with Gasteiger partial charge in [-0.1, -0.05) is 19.2 Å². The molecule has 0 amide bonds. The summed E-state index contributed by atoms with van der Waals surface area (Å²) in [6, 6.07) is 0. The lowest BCUT2D eigenvalue weighted by Gasteiger charge is -2.27. The molecule has 0 aromatic carbocycles. The predicted molar refractivity (Wildman–Crippen MR) is 59.2 cm³/mol. The van der Waals surface area contributed by atoms with E-state index in [4.69, 9.17) is 17.7 Å². The van der Waals surface area contributed by atoms with Crippen LogP contribution in [-0.2, 0) is 14.3 Å². The van der Waals surface area contributed by atoms with Crippen LogP contribution in [0.4, 0.5) is 0 Å². The topological polar surface area (TPSA) is 63.6 Å². The molecule has 0 spiro atoms. The molecule has 1 fully saturated rings. The molecule has 5 heteroatoms. The summed E-state index contributed by atoms with van der Waals surface area (Å²) >= 11 is 0. The molecule has 3 atom stereocenters. The Morgan fingerprint density at radius 3 is 2.44 bits per heavy atom. The highest BCUT2D eigenvalue weighted by Crippen LogP contribution is 2.31. The molecule has 1 saturated carbocycles. The van der Waals surface area contributed by atoms with Crippen molar-refractivity contribution in [3.63, 3.8) is 0 Å². The van der Waals surface area contributed by atoms with Gasteiger partial charge < -0.3 is 9.84 Å². The summed E-state index contributed by atoms with van der Waals surface area (Å²) in [4.78, 5) is 22.7. The molecule has 16 heavy (non-hydrogen) atoms. The van der Waals surface area contributed by atoms with E-state index in [9.17, 15) is 9.59 Å². The maximum atomic E-state index is 11.7. The fraction of sp³-hybridized carbons (Fsp3) is 0.818. The van der Waals surface area contributed by atoms with E-state index in [0.29, 0.717) is 12.8 Å². The number of aliphatic carboxylic acids is 1. The number of carboxylic acid groups (broad SMARTS) is 1. The number of hydrogen-bond acceptors (Lipinski definition) is 3. The largest absolute Gasteiger partial charge is 0.481 e. The molecule has 3 unspecified atom stereocenters. The first-order chi connectivity index (χ1) is 7.56. The minimum atomic E-state index is -0.901. The summed E-state index contributed by atoms with van der Waals surface area (Å²) in [7, 11) is 5.35. The molecular formula is C11H17BO4. The molecule has 1 aliphatic carbocycles. The number of carbonyl (C=O) groups is 2. The number of ether oxygens (including phenoxy) is 1. The van der Waals surface area contributed by atoms with Crippen molar-refractivity contribution in [2.75, 3.05) is 0 Å². The Morgan fingerprint density at radius 1 is 1.38 bits per heavy atom. The van der Waals surface area contributed by atoms with Gasteiger partial charge in [-0.2, -0.15) is 0 Å². The van der Waals surface area contributed by atoms with Crippen molar-refractivity contribution < 1.29 is 19.4 Å². The van der Waals surface area contributed by atoms with Gasteiger partial charge in [-0.15, -0.1) is 0 Å². The zero-order valence-electron chi connectivity index (χ0n) is 9.52. The van der Waals surface area contributed by atoms with Crippen molar-refractivity contribution in [1.82, 2.24) is 0 Å². The number of carboxylic acids is 1. The lowest BCUT2D eigenvalue weighted by Crippen LogP contribution is -2.35. The number of rotatable bonds is 4. The van der Waals surface area contributed by atoms with E-state index in [0.717, 1.165) is 12.8 Å². The number of carbonyl (C=O) groups excluding carboxylic acids is 1. The minimum Gasteiger partial charge on any atom is -0.481 e. The van der Waals surface area contributed by atoms with Crippen LogP contribution in [0.3, 0.4) is 0 Å². The van der Waals surface area contributed by atoms with Crippen molar-refractivity contribution in [1.29, 1.82) is 0 Å². The molecule has 2 radical (unpaired) electrons. The number of esters is 1. The normalized spacial score (nSPS) is 27.1. The van der Waals surface area contributed by atoms with E-state index in [1.807, 2.05) is 0 Å². The summed E-state index contributed by atoms with van der Waals surface area (Å²) in [6.45, 7) is 1.70. The van der Waals surface area contributed by atoms with Crippen LogP contribution >= 0.6 is 0 Å². The molecule has 4 nitrogen and oxygen atoms in total. The first kappa shape index (κ1) is 13.1. The highest BCUT2D eigenvalue weighted by atomic mass is 16.5. The van der Waals surface area contributed by atoms with Crippen molar-refractivity contribution in [2.24, 2.45) is 11.8 Å².